The summed E-state index contributed by atoms with van der Waals surface area (Å²) in [5, 5.41) is 12.5. The largest absolute Gasteiger partial charge is 0.396 e. The van der Waals surface area contributed by atoms with E-state index in [2.05, 4.69) is 15.3 Å². The Balaban J connectivity index is 2.04. The van der Waals surface area contributed by atoms with Crippen molar-refractivity contribution in [2.45, 2.75) is 46.1 Å². The SMILES string of the molecule is Cc1nc(C)c(C(C)NCC2(CCO)CC2)c(=O)[nH]1. The lowest BCUT2D eigenvalue weighted by atomic mass is 10.0. The molecular weight excluding hydrogens is 242 g/mol. The number of nitrogens with zero attached hydrogens (tertiary/aromatic N) is 1. The third kappa shape index (κ3) is 3.22. The van der Waals surface area contributed by atoms with Gasteiger partial charge in [0.25, 0.3) is 5.56 Å². The van der Waals surface area contributed by atoms with E-state index in [1.807, 2.05) is 13.8 Å². The van der Waals surface area contributed by atoms with Crippen molar-refractivity contribution in [3.05, 3.63) is 27.4 Å². The first kappa shape index (κ1) is 14.2. The molecule has 1 fully saturated rings. The van der Waals surface area contributed by atoms with Crippen LogP contribution in [0, 0.1) is 19.3 Å². The summed E-state index contributed by atoms with van der Waals surface area (Å²) in [6.07, 6.45) is 3.16. The Bertz CT molecular complexity index is 506. The Morgan fingerprint density at radius 2 is 2.16 bits per heavy atom. The average Bonchev–Trinajstić information content (AvgIpc) is 3.06. The number of rotatable bonds is 6. The minimum Gasteiger partial charge on any atom is -0.396 e. The van der Waals surface area contributed by atoms with Crippen molar-refractivity contribution in [3.63, 3.8) is 0 Å². The molecule has 0 spiro atoms. The lowest BCUT2D eigenvalue weighted by Gasteiger charge is -2.20. The zero-order valence-corrected chi connectivity index (χ0v) is 11.9. The first-order valence-electron chi connectivity index (χ1n) is 6.89. The summed E-state index contributed by atoms with van der Waals surface area (Å²) in [5.41, 5.74) is 1.69. The fraction of sp³-hybridized carbons (Fsp3) is 0.714. The van der Waals surface area contributed by atoms with E-state index >= 15 is 0 Å². The molecule has 0 amide bonds. The second-order valence-electron chi connectivity index (χ2n) is 5.73. The number of aliphatic hydroxyl groups is 1. The minimum absolute atomic E-state index is 0.0204. The zero-order valence-electron chi connectivity index (χ0n) is 11.9. The normalized spacial score (nSPS) is 18.3. The molecule has 106 valence electrons. The van der Waals surface area contributed by atoms with Crippen molar-refractivity contribution >= 4 is 0 Å². The number of nitrogens with one attached hydrogen (secondary N) is 2. The van der Waals surface area contributed by atoms with E-state index in [1.54, 1.807) is 6.92 Å². The van der Waals surface area contributed by atoms with Crippen molar-refractivity contribution in [2.24, 2.45) is 5.41 Å². The molecule has 5 nitrogen and oxygen atoms in total. The lowest BCUT2D eigenvalue weighted by Crippen LogP contribution is -2.32. The zero-order chi connectivity index (χ0) is 14.0. The Hall–Kier alpha value is -1.20. The monoisotopic (exact) mass is 265 g/mol. The molecule has 1 saturated carbocycles. The van der Waals surface area contributed by atoms with Gasteiger partial charge in [0.05, 0.1) is 5.56 Å². The molecule has 1 heterocycles. The summed E-state index contributed by atoms with van der Waals surface area (Å²) in [6, 6.07) is -0.0204. The number of aliphatic hydroxyl groups excluding tert-OH is 1. The van der Waals surface area contributed by atoms with E-state index in [1.165, 1.54) is 0 Å². The van der Waals surface area contributed by atoms with E-state index in [9.17, 15) is 4.79 Å². The first-order chi connectivity index (χ1) is 8.97. The fourth-order valence-electron chi connectivity index (χ4n) is 2.65. The molecule has 19 heavy (non-hydrogen) atoms. The number of aryl methyl sites for hydroxylation is 2. The maximum atomic E-state index is 12.0. The highest BCUT2D eigenvalue weighted by Crippen LogP contribution is 2.48. The maximum Gasteiger partial charge on any atom is 0.255 e. The van der Waals surface area contributed by atoms with Crippen LogP contribution in [0.3, 0.4) is 0 Å². The van der Waals surface area contributed by atoms with E-state index in [-0.39, 0.29) is 23.6 Å². The van der Waals surface area contributed by atoms with Crippen LogP contribution in [0.1, 0.15) is 49.3 Å². The summed E-state index contributed by atoms with van der Waals surface area (Å²) in [5.74, 6) is 0.650. The van der Waals surface area contributed by atoms with E-state index in [4.69, 9.17) is 5.11 Å². The average molecular weight is 265 g/mol. The van der Waals surface area contributed by atoms with Gasteiger partial charge in [0.1, 0.15) is 5.82 Å². The molecule has 0 aromatic carbocycles. The highest BCUT2D eigenvalue weighted by molar-refractivity contribution is 5.20. The predicted octanol–water partition coefficient (Wildman–Crippen LogP) is 1.20. The molecule has 2 rings (SSSR count). The molecule has 1 aromatic heterocycles. The molecule has 1 unspecified atom stereocenters. The number of hydrogen-bond donors (Lipinski definition) is 3. The van der Waals surface area contributed by atoms with Gasteiger partial charge in [0, 0.05) is 24.9 Å². The van der Waals surface area contributed by atoms with Crippen LogP contribution in [0.5, 0.6) is 0 Å². The Morgan fingerprint density at radius 3 is 2.68 bits per heavy atom. The van der Waals surface area contributed by atoms with Gasteiger partial charge in [-0.15, -0.1) is 0 Å². The Labute approximate surface area is 113 Å². The van der Waals surface area contributed by atoms with Crippen LogP contribution in [-0.4, -0.2) is 28.2 Å². The second kappa shape index (κ2) is 5.43. The van der Waals surface area contributed by atoms with Gasteiger partial charge in [0.2, 0.25) is 0 Å². The number of aromatic amines is 1. The van der Waals surface area contributed by atoms with E-state index in [0.717, 1.165) is 31.5 Å². The van der Waals surface area contributed by atoms with Crippen LogP contribution in [0.25, 0.3) is 0 Å². The van der Waals surface area contributed by atoms with Crippen LogP contribution in [0.2, 0.25) is 0 Å². The molecule has 1 aromatic rings. The molecule has 0 aliphatic heterocycles. The quantitative estimate of drug-likeness (QED) is 0.722. The smallest absolute Gasteiger partial charge is 0.255 e. The topological polar surface area (TPSA) is 78.0 Å². The molecule has 0 radical (unpaired) electrons. The van der Waals surface area contributed by atoms with Crippen molar-refractivity contribution in [3.8, 4) is 0 Å². The number of hydrogen-bond acceptors (Lipinski definition) is 4. The highest BCUT2D eigenvalue weighted by Gasteiger charge is 2.41. The number of H-pyrrole nitrogens is 1. The molecule has 5 heteroatoms. The first-order valence-corrected chi connectivity index (χ1v) is 6.89. The summed E-state index contributed by atoms with van der Waals surface area (Å²) < 4.78 is 0. The van der Waals surface area contributed by atoms with E-state index < -0.39 is 0 Å². The van der Waals surface area contributed by atoms with Gasteiger partial charge in [-0.3, -0.25) is 4.79 Å². The Kier molecular flexibility index (Phi) is 4.06. The van der Waals surface area contributed by atoms with Crippen molar-refractivity contribution in [1.82, 2.24) is 15.3 Å². The molecule has 1 aliphatic rings. The van der Waals surface area contributed by atoms with Crippen molar-refractivity contribution in [1.29, 1.82) is 0 Å². The van der Waals surface area contributed by atoms with Crippen molar-refractivity contribution < 1.29 is 5.11 Å². The van der Waals surface area contributed by atoms with Crippen molar-refractivity contribution in [2.75, 3.05) is 13.2 Å². The lowest BCUT2D eigenvalue weighted by molar-refractivity contribution is 0.242. The molecule has 0 saturated heterocycles. The predicted molar refractivity (Wildman–Crippen MR) is 74.1 cm³/mol. The van der Waals surface area contributed by atoms with Crippen LogP contribution in [-0.2, 0) is 0 Å². The van der Waals surface area contributed by atoms with E-state index in [0.29, 0.717) is 11.4 Å². The second-order valence-corrected chi connectivity index (χ2v) is 5.73. The summed E-state index contributed by atoms with van der Waals surface area (Å²) in [6.45, 7) is 6.74. The van der Waals surface area contributed by atoms with Crippen LogP contribution < -0.4 is 10.9 Å². The van der Waals surface area contributed by atoms with Gasteiger partial charge >= 0.3 is 0 Å². The molecule has 0 bridgehead atoms. The van der Waals surface area contributed by atoms with Gasteiger partial charge in [0.15, 0.2) is 0 Å². The number of aromatic nitrogens is 2. The maximum absolute atomic E-state index is 12.0. The Morgan fingerprint density at radius 1 is 1.47 bits per heavy atom. The van der Waals surface area contributed by atoms with Gasteiger partial charge in [-0.1, -0.05) is 0 Å². The third-order valence-corrected chi connectivity index (χ3v) is 4.08. The van der Waals surface area contributed by atoms with Gasteiger partial charge in [-0.2, -0.15) is 0 Å². The summed E-state index contributed by atoms with van der Waals surface area (Å²) in [7, 11) is 0. The minimum atomic E-state index is -0.0583. The third-order valence-electron chi connectivity index (χ3n) is 4.08. The van der Waals surface area contributed by atoms with Gasteiger partial charge in [-0.05, 0) is 45.4 Å². The summed E-state index contributed by atoms with van der Waals surface area (Å²) >= 11 is 0. The van der Waals surface area contributed by atoms with Gasteiger partial charge < -0.3 is 15.4 Å². The molecule has 1 atom stereocenters. The van der Waals surface area contributed by atoms with Crippen LogP contribution in [0.4, 0.5) is 0 Å². The van der Waals surface area contributed by atoms with Crippen LogP contribution >= 0.6 is 0 Å². The molecular formula is C14H23N3O2. The van der Waals surface area contributed by atoms with Crippen LogP contribution in [0.15, 0.2) is 4.79 Å². The fourth-order valence-corrected chi connectivity index (χ4v) is 2.65. The highest BCUT2D eigenvalue weighted by atomic mass is 16.3. The summed E-state index contributed by atoms with van der Waals surface area (Å²) in [4.78, 5) is 19.1. The standard InChI is InChI=1S/C14H23N3O2/c1-9(15-8-14(4-5-14)6-7-18)12-10(2)16-11(3)17-13(12)19/h9,15,18H,4-8H2,1-3H3,(H,16,17,19). The van der Waals surface area contributed by atoms with Gasteiger partial charge in [-0.25, -0.2) is 4.98 Å². The molecule has 3 N–H and O–H groups in total. The molecule has 1 aliphatic carbocycles.